The van der Waals surface area contributed by atoms with Crippen LogP contribution in [-0.2, 0) is 75.4 Å². The second-order valence-corrected chi connectivity index (χ2v) is 21.0. The predicted molar refractivity (Wildman–Crippen MR) is 349 cm³/mol. The Hall–Kier alpha value is -7.38. The first kappa shape index (κ1) is 87.6. The molecule has 0 fully saturated rings. The van der Waals surface area contributed by atoms with Crippen molar-refractivity contribution in [1.29, 1.82) is 0 Å². The fraction of sp³-hybridized carbons (Fsp3) is 0.0462. The number of hydrogen-bond acceptors (Lipinski definition) is 20. The molecule has 0 aliphatic heterocycles. The second-order valence-electron chi connectivity index (χ2n) is 17.8. The first-order valence-electron chi connectivity index (χ1n) is 26.7. The molecule has 4 aromatic heterocycles. The minimum Gasteiger partial charge on any atom is -1.00 e. The molecule has 4 heterocycles. The molecule has 0 amide bonds. The Kier molecular flexibility index (Phi) is 43.0. The van der Waals surface area contributed by atoms with Crippen molar-refractivity contribution in [2.45, 2.75) is 16.7 Å². The van der Waals surface area contributed by atoms with E-state index >= 15 is 0 Å². The number of carbonyl (C=O) groups is 2. The fourth-order valence-corrected chi connectivity index (χ4v) is 9.63. The van der Waals surface area contributed by atoms with Crippen LogP contribution in [0.1, 0.15) is 8.35 Å². The zero-order valence-electron chi connectivity index (χ0n) is 52.9. The Labute approximate surface area is 672 Å². The summed E-state index contributed by atoms with van der Waals surface area (Å²) in [6.07, 6.45) is 10.3. The summed E-state index contributed by atoms with van der Waals surface area (Å²) < 4.78 is 73.3. The molecule has 97 heavy (non-hydrogen) atoms. The van der Waals surface area contributed by atoms with Gasteiger partial charge in [0, 0.05) is 105 Å². The topological polar surface area (TPSA) is 369 Å². The van der Waals surface area contributed by atoms with Gasteiger partial charge in [-0.3, -0.25) is 49.8 Å². The van der Waals surface area contributed by atoms with Gasteiger partial charge in [0.05, 0.1) is 44.9 Å². The molecule has 0 unspecified atom stereocenters. The number of hydrogen-bond donors (Lipinski definition) is 2. The predicted octanol–water partition coefficient (Wildman–Crippen LogP) is 6.28. The Morgan fingerprint density at radius 3 is 1.18 bits per heavy atom. The van der Waals surface area contributed by atoms with Crippen molar-refractivity contribution in [2.24, 2.45) is 0 Å². The van der Waals surface area contributed by atoms with E-state index in [4.69, 9.17) is 34.5 Å². The van der Waals surface area contributed by atoms with Gasteiger partial charge in [0.25, 0.3) is 23.8 Å². The fourth-order valence-electron chi connectivity index (χ4n) is 7.63. The first-order chi connectivity index (χ1) is 44.9. The number of carboxylic acid groups (broad SMARTS) is 1. The molecule has 0 atom stereocenters. The maximum atomic E-state index is 12.7. The van der Waals surface area contributed by atoms with Gasteiger partial charge >= 0.3 is 131 Å². The van der Waals surface area contributed by atoms with Crippen LogP contribution in [0, 0.1) is 26.3 Å². The summed E-state index contributed by atoms with van der Waals surface area (Å²) in [7, 11) is -4.20. The summed E-state index contributed by atoms with van der Waals surface area (Å²) in [4.78, 5) is 56.7. The number of fused-ring (bicyclic) bond motifs is 6. The van der Waals surface area contributed by atoms with E-state index in [1.807, 2.05) is 121 Å². The molecular formula is C65H55BK2N8O17Pd2S2-. The van der Waals surface area contributed by atoms with Crippen molar-refractivity contribution >= 4 is 106 Å². The molecule has 12 rings (SSSR count). The molecule has 32 heteroatoms. The number of ether oxygens (including phenoxy) is 2. The van der Waals surface area contributed by atoms with Gasteiger partial charge in [0.15, 0.2) is 0 Å². The minimum atomic E-state index is -4.04. The van der Waals surface area contributed by atoms with Crippen LogP contribution >= 0.6 is 0 Å². The summed E-state index contributed by atoms with van der Waals surface area (Å²) in [6.45, 7) is 0.903. The third-order valence-electron chi connectivity index (χ3n) is 11.7. The van der Waals surface area contributed by atoms with E-state index < -0.39 is 35.9 Å². The van der Waals surface area contributed by atoms with E-state index in [-0.39, 0.29) is 184 Å². The third kappa shape index (κ3) is 30.1. The number of aromatic nitrogens is 4. The number of methoxy groups -OCH3 is 2. The van der Waals surface area contributed by atoms with Gasteiger partial charge in [-0.15, -0.1) is 23.5 Å². The van der Waals surface area contributed by atoms with Gasteiger partial charge in [-0.25, -0.2) is 16.8 Å². The summed E-state index contributed by atoms with van der Waals surface area (Å²) in [5.41, 5.74) is 1.50. The Bertz CT molecular complexity index is 4270. The number of carbonyl (C=O) groups excluding carboxylic acids is 1. The molecule has 0 aliphatic carbocycles. The van der Waals surface area contributed by atoms with Crippen LogP contribution in [0.3, 0.4) is 0 Å². The summed E-state index contributed by atoms with van der Waals surface area (Å²) in [5.74, 6) is 1.38. The molecule has 495 valence electrons. The molecule has 0 spiro atoms. The standard InChI is InChI=1S/2C19H12N3O4S.C7H8BO3.C7H7O.2C5H5N.C2H4O2.CH2O3.2K.2Pd.H/c2*23-22(24)15-8-10-16(11-9-15)27(25,26)21-17-5-1-3-13-6-7-14-4-2-12-20-19(14)18(13)17;1-10-6-2-4-7(5-3-6)11-8-9;1-8-7-5-3-2-4-6-7;2*1-2-4-6-5-3-1;1-2(3)4;2-1-4-3;;;;;/h2*1-12H;2-5,9H,1H3;3-6H,1H3;2*1-5H;1H3,(H,3,4);1,3H;;;;;/q2*-1;;-1;;;;;2*+1;;+2;-1/p-1. The van der Waals surface area contributed by atoms with Crippen LogP contribution in [0.15, 0.2) is 265 Å². The normalized spacial score (nSPS) is 9.62. The maximum absolute atomic E-state index is 12.7. The summed E-state index contributed by atoms with van der Waals surface area (Å²) in [5, 5.41) is 50.3. The van der Waals surface area contributed by atoms with Crippen LogP contribution in [0.5, 0.6) is 17.2 Å². The Morgan fingerprint density at radius 2 is 0.876 bits per heavy atom. The van der Waals surface area contributed by atoms with Gasteiger partial charge in [-0.05, 0) is 106 Å². The van der Waals surface area contributed by atoms with Crippen molar-refractivity contribution in [3.05, 3.63) is 291 Å². The van der Waals surface area contributed by atoms with Crippen molar-refractivity contribution in [1.82, 2.24) is 19.9 Å². The number of nitrogens with zero attached hydrogens (tertiary/aromatic N) is 8. The molecule has 0 bridgehead atoms. The summed E-state index contributed by atoms with van der Waals surface area (Å²) in [6, 6.07) is 63.2. The summed E-state index contributed by atoms with van der Waals surface area (Å²) >= 11 is 0. The molecule has 2 N–H and O–H groups in total. The molecular weight excluding hydrogens is 1530 g/mol. The Morgan fingerprint density at radius 1 is 0.536 bits per heavy atom. The number of pyridine rings is 4. The SMILES string of the molecule is CC(=O)O.COc1cc[c-]cc1.COc1ccc(O[B]O)cc1.O=CO[O-].O=[N+]([O-])c1ccc(S(=O)(=O)[N-]c2cccc3ccc4cccnc4c23)cc1.O=[N+]([O-])c1ccc(S(=O)(=O)[N-]c2cccc3ccc4cccnc4c23)cc1.[H-].[K+].[K+].[Pd+2].[Pd].c1ccncc1.c1ccncc1. The molecule has 0 saturated heterocycles. The number of nitro benzene ring substituents is 2. The molecule has 0 saturated carbocycles. The van der Waals surface area contributed by atoms with Crippen LogP contribution in [-0.4, -0.2) is 91.1 Å². The molecule has 25 nitrogen and oxygen atoms in total. The van der Waals surface area contributed by atoms with E-state index in [0.717, 1.165) is 64.2 Å². The average molecular weight is 1590 g/mol. The van der Waals surface area contributed by atoms with Gasteiger partial charge < -0.3 is 45.3 Å². The van der Waals surface area contributed by atoms with E-state index in [1.165, 1.54) is 24.3 Å². The zero-order chi connectivity index (χ0) is 67.4. The molecule has 8 aromatic carbocycles. The zero-order valence-corrected chi connectivity index (χ0v) is 62.9. The number of rotatable bonds is 13. The maximum Gasteiger partial charge on any atom is 2.00 e. The van der Waals surface area contributed by atoms with Crippen molar-refractivity contribution in [2.75, 3.05) is 14.2 Å². The first-order valence-corrected chi connectivity index (χ1v) is 29.6. The van der Waals surface area contributed by atoms with Gasteiger partial charge in [-0.1, -0.05) is 84.9 Å². The average Bonchev–Trinajstić information content (AvgIpc) is 0.778. The van der Waals surface area contributed by atoms with Crippen molar-refractivity contribution < 1.29 is 216 Å². The number of aliphatic carboxylic acids is 1. The largest absolute Gasteiger partial charge is 2.00 e. The molecule has 1 radical (unpaired) electrons. The monoisotopic (exact) mass is 1580 g/mol. The van der Waals surface area contributed by atoms with Crippen LogP contribution in [0.4, 0.5) is 22.7 Å². The van der Waals surface area contributed by atoms with Crippen molar-refractivity contribution in [3.63, 3.8) is 0 Å². The van der Waals surface area contributed by atoms with E-state index in [9.17, 15) is 37.1 Å². The van der Waals surface area contributed by atoms with Crippen LogP contribution < -0.4 is 122 Å². The number of nitro groups is 2. The van der Waals surface area contributed by atoms with Gasteiger partial charge in [0.1, 0.15) is 31.5 Å². The van der Waals surface area contributed by atoms with E-state index in [2.05, 4.69) is 45.0 Å². The molecule has 12 aromatic rings. The van der Waals surface area contributed by atoms with Crippen molar-refractivity contribution in [3.8, 4) is 17.2 Å². The van der Waals surface area contributed by atoms with E-state index in [0.29, 0.717) is 35.2 Å². The quantitative estimate of drug-likeness (QED) is 0.0244. The van der Waals surface area contributed by atoms with Gasteiger partial charge in [-0.2, -0.15) is 18.2 Å². The second kappa shape index (κ2) is 47.5. The number of non-ortho nitro benzene ring substituents is 2. The van der Waals surface area contributed by atoms with Crippen LogP contribution in [0.2, 0.25) is 0 Å². The number of benzene rings is 8. The van der Waals surface area contributed by atoms with Gasteiger partial charge in [0.2, 0.25) is 0 Å². The molecule has 0 aliphatic rings. The number of carboxylic acids is 1. The smallest absolute Gasteiger partial charge is 1.00 e. The Balaban J connectivity index is 0.00000122. The third-order valence-corrected chi connectivity index (χ3v) is 14.3. The van der Waals surface area contributed by atoms with Crippen LogP contribution in [0.25, 0.3) is 52.8 Å². The minimum absolute atomic E-state index is 0. The number of sulfonamides is 2. The van der Waals surface area contributed by atoms with E-state index in [1.54, 1.807) is 99.9 Å².